The predicted octanol–water partition coefficient (Wildman–Crippen LogP) is 3.99. The fourth-order valence-corrected chi connectivity index (χ4v) is 3.80. The van der Waals surface area contributed by atoms with Gasteiger partial charge in [0.1, 0.15) is 5.75 Å². The Morgan fingerprint density at radius 2 is 1.78 bits per heavy atom. The molecule has 3 rings (SSSR count). The number of Topliss-reactive ketones (excluding diaryl/α,β-unsaturated/α-hetero) is 1. The molecule has 1 heterocycles. The number of benzene rings is 2. The van der Waals surface area contributed by atoms with Crippen LogP contribution in [0.25, 0.3) is 0 Å². The van der Waals surface area contributed by atoms with E-state index in [1.165, 1.54) is 19.1 Å². The van der Waals surface area contributed by atoms with Crippen molar-refractivity contribution in [2.45, 2.75) is 32.9 Å². The number of esters is 1. The fraction of sp³-hybridized carbons (Fsp3) is 0.320. The van der Waals surface area contributed by atoms with Crippen molar-refractivity contribution in [2.24, 2.45) is 5.92 Å². The lowest BCUT2D eigenvalue weighted by Gasteiger charge is -2.27. The molecule has 32 heavy (non-hydrogen) atoms. The Labute approximate surface area is 187 Å². The average Bonchev–Trinajstić information content (AvgIpc) is 3.03. The zero-order valence-electron chi connectivity index (χ0n) is 18.6. The van der Waals surface area contributed by atoms with Gasteiger partial charge in [0.15, 0.2) is 11.5 Å². The molecule has 1 atom stereocenters. The van der Waals surface area contributed by atoms with E-state index in [2.05, 4.69) is 0 Å². The molecule has 0 saturated heterocycles. The van der Waals surface area contributed by atoms with Crippen LogP contribution >= 0.6 is 0 Å². The number of rotatable bonds is 8. The number of hydrogen-bond acceptors (Lipinski definition) is 6. The molecule has 0 aromatic heterocycles. The number of amides is 1. The van der Waals surface area contributed by atoms with Gasteiger partial charge in [0.25, 0.3) is 5.91 Å². The number of carbonyl (C=O) groups is 3. The second kappa shape index (κ2) is 9.68. The van der Waals surface area contributed by atoms with Gasteiger partial charge in [-0.25, -0.2) is 4.79 Å². The third kappa shape index (κ3) is 4.66. The van der Waals surface area contributed by atoms with E-state index in [1.807, 2.05) is 13.8 Å². The summed E-state index contributed by atoms with van der Waals surface area (Å²) in [5.74, 6) is -1.19. The number of nitrogens with zero attached hydrogens (tertiary/aromatic N) is 1. The highest BCUT2D eigenvalue weighted by atomic mass is 16.5. The summed E-state index contributed by atoms with van der Waals surface area (Å²) < 4.78 is 10.0. The summed E-state index contributed by atoms with van der Waals surface area (Å²) in [5.41, 5.74) is 1.90. The second-order valence-corrected chi connectivity index (χ2v) is 8.08. The van der Waals surface area contributed by atoms with Crippen LogP contribution in [0.1, 0.15) is 47.8 Å². The SMILES string of the molecule is COC(=O)c1ccc(CN2C(=O)C(O)=C(C(=O)CC(C)C)C2c2cccc(OC)c2)cc1. The van der Waals surface area contributed by atoms with Crippen molar-refractivity contribution in [1.29, 1.82) is 0 Å². The van der Waals surface area contributed by atoms with E-state index >= 15 is 0 Å². The van der Waals surface area contributed by atoms with E-state index in [4.69, 9.17) is 9.47 Å². The van der Waals surface area contributed by atoms with Crippen LogP contribution in [-0.4, -0.2) is 41.9 Å². The maximum absolute atomic E-state index is 13.0. The van der Waals surface area contributed by atoms with Gasteiger partial charge in [-0.3, -0.25) is 9.59 Å². The Morgan fingerprint density at radius 3 is 2.38 bits per heavy atom. The Balaban J connectivity index is 2.00. The second-order valence-electron chi connectivity index (χ2n) is 8.08. The van der Waals surface area contributed by atoms with E-state index in [-0.39, 0.29) is 30.2 Å². The van der Waals surface area contributed by atoms with Crippen molar-refractivity contribution in [2.75, 3.05) is 14.2 Å². The monoisotopic (exact) mass is 437 g/mol. The summed E-state index contributed by atoms with van der Waals surface area (Å²) in [4.78, 5) is 39.2. The lowest BCUT2D eigenvalue weighted by Crippen LogP contribution is -2.30. The molecular weight excluding hydrogens is 410 g/mol. The number of aliphatic hydroxyl groups is 1. The van der Waals surface area contributed by atoms with Gasteiger partial charge in [0.2, 0.25) is 0 Å². The lowest BCUT2D eigenvalue weighted by atomic mass is 9.92. The molecule has 0 saturated carbocycles. The molecule has 2 aromatic carbocycles. The average molecular weight is 437 g/mol. The van der Waals surface area contributed by atoms with Gasteiger partial charge in [-0.2, -0.15) is 0 Å². The Hall–Kier alpha value is -3.61. The van der Waals surface area contributed by atoms with Gasteiger partial charge in [-0.1, -0.05) is 38.1 Å². The Morgan fingerprint density at radius 1 is 1.09 bits per heavy atom. The maximum Gasteiger partial charge on any atom is 0.337 e. The summed E-state index contributed by atoms with van der Waals surface area (Å²) in [6.07, 6.45) is 0.217. The van der Waals surface area contributed by atoms with Crippen molar-refractivity contribution >= 4 is 17.7 Å². The summed E-state index contributed by atoms with van der Waals surface area (Å²) in [7, 11) is 2.85. The highest BCUT2D eigenvalue weighted by Gasteiger charge is 2.43. The number of ketones is 1. The van der Waals surface area contributed by atoms with Crippen LogP contribution in [0.3, 0.4) is 0 Å². The number of methoxy groups -OCH3 is 2. The number of ether oxygens (including phenoxy) is 2. The Bertz CT molecular complexity index is 1050. The molecule has 1 aliphatic rings. The summed E-state index contributed by atoms with van der Waals surface area (Å²) in [6, 6.07) is 13.0. The van der Waals surface area contributed by atoms with Gasteiger partial charge in [-0.15, -0.1) is 0 Å². The number of carbonyl (C=O) groups excluding carboxylic acids is 3. The molecule has 1 amide bonds. The van der Waals surface area contributed by atoms with Crippen LogP contribution in [0.4, 0.5) is 0 Å². The summed E-state index contributed by atoms with van der Waals surface area (Å²) in [5, 5.41) is 10.7. The van der Waals surface area contributed by atoms with Crippen LogP contribution in [0.15, 0.2) is 59.9 Å². The van der Waals surface area contributed by atoms with Crippen LogP contribution in [-0.2, 0) is 20.9 Å². The largest absolute Gasteiger partial charge is 0.503 e. The molecule has 0 fully saturated rings. The molecule has 0 aliphatic carbocycles. The van der Waals surface area contributed by atoms with Crippen molar-refractivity contribution < 1.29 is 29.0 Å². The molecule has 0 radical (unpaired) electrons. The van der Waals surface area contributed by atoms with E-state index < -0.39 is 23.7 Å². The van der Waals surface area contributed by atoms with Crippen molar-refractivity contribution in [3.8, 4) is 5.75 Å². The zero-order valence-corrected chi connectivity index (χ0v) is 18.6. The van der Waals surface area contributed by atoms with Crippen LogP contribution < -0.4 is 4.74 Å². The first-order valence-electron chi connectivity index (χ1n) is 10.3. The zero-order chi connectivity index (χ0) is 23.4. The first-order chi connectivity index (χ1) is 15.3. The van der Waals surface area contributed by atoms with Crippen molar-refractivity contribution in [1.82, 2.24) is 4.90 Å². The third-order valence-corrected chi connectivity index (χ3v) is 5.34. The standard InChI is InChI=1S/C25H27NO6/c1-15(2)12-20(27)21-22(18-6-5-7-19(13-18)31-3)26(24(29)23(21)28)14-16-8-10-17(11-9-16)25(30)32-4/h5-11,13,15,22,28H,12,14H2,1-4H3. The molecule has 2 aromatic rings. The van der Waals surface area contributed by atoms with Gasteiger partial charge in [0, 0.05) is 13.0 Å². The Kier molecular flexibility index (Phi) is 6.98. The highest BCUT2D eigenvalue weighted by Crippen LogP contribution is 2.40. The molecular formula is C25H27NO6. The fourth-order valence-electron chi connectivity index (χ4n) is 3.80. The first-order valence-corrected chi connectivity index (χ1v) is 10.3. The summed E-state index contributed by atoms with van der Waals surface area (Å²) >= 11 is 0. The predicted molar refractivity (Wildman–Crippen MR) is 118 cm³/mol. The number of hydrogen-bond donors (Lipinski definition) is 1. The normalized spacial score (nSPS) is 16.0. The summed E-state index contributed by atoms with van der Waals surface area (Å²) in [6.45, 7) is 3.96. The van der Waals surface area contributed by atoms with Gasteiger partial charge in [0.05, 0.1) is 31.4 Å². The first kappa shape index (κ1) is 23.1. The molecule has 7 heteroatoms. The molecule has 1 aliphatic heterocycles. The number of aliphatic hydroxyl groups excluding tert-OH is 1. The minimum Gasteiger partial charge on any atom is -0.503 e. The molecule has 1 unspecified atom stereocenters. The van der Waals surface area contributed by atoms with Gasteiger partial charge >= 0.3 is 5.97 Å². The van der Waals surface area contributed by atoms with Crippen molar-refractivity contribution in [3.63, 3.8) is 0 Å². The minimum absolute atomic E-state index is 0.0729. The van der Waals surface area contributed by atoms with Crippen LogP contribution in [0.2, 0.25) is 0 Å². The third-order valence-electron chi connectivity index (χ3n) is 5.34. The van der Waals surface area contributed by atoms with Crippen LogP contribution in [0, 0.1) is 5.92 Å². The maximum atomic E-state index is 13.0. The highest BCUT2D eigenvalue weighted by molar-refractivity contribution is 6.09. The molecule has 168 valence electrons. The van der Waals surface area contributed by atoms with E-state index in [0.717, 1.165) is 5.56 Å². The van der Waals surface area contributed by atoms with Gasteiger partial charge < -0.3 is 19.5 Å². The molecule has 1 N–H and O–H groups in total. The van der Waals surface area contributed by atoms with E-state index in [0.29, 0.717) is 16.9 Å². The van der Waals surface area contributed by atoms with E-state index in [1.54, 1.807) is 48.5 Å². The molecule has 0 bridgehead atoms. The topological polar surface area (TPSA) is 93.1 Å². The van der Waals surface area contributed by atoms with E-state index in [9.17, 15) is 19.5 Å². The minimum atomic E-state index is -0.746. The smallest absolute Gasteiger partial charge is 0.337 e. The van der Waals surface area contributed by atoms with Crippen molar-refractivity contribution in [3.05, 3.63) is 76.6 Å². The molecule has 7 nitrogen and oxygen atoms in total. The van der Waals surface area contributed by atoms with Gasteiger partial charge in [-0.05, 0) is 41.3 Å². The quantitative estimate of drug-likeness (QED) is 0.628. The lowest BCUT2D eigenvalue weighted by molar-refractivity contribution is -0.130. The molecule has 0 spiro atoms. The van der Waals surface area contributed by atoms with Crippen LogP contribution in [0.5, 0.6) is 5.75 Å².